The molecule has 0 fully saturated rings. The molecule has 0 radical (unpaired) electrons. The number of halogens is 4. The Morgan fingerprint density at radius 2 is 1.26 bits per heavy atom. The minimum absolute atomic E-state index is 0.204. The smallest absolute Gasteiger partial charge is 0.282 e. The molecule has 1 aliphatic rings. The van der Waals surface area contributed by atoms with Gasteiger partial charge in [-0.05, 0) is 12.1 Å². The molecule has 1 aliphatic heterocycles. The molecule has 3 aromatic carbocycles. The fourth-order valence-electron chi connectivity index (χ4n) is 3.68. The van der Waals surface area contributed by atoms with E-state index in [1.165, 1.54) is 12.1 Å². The molecule has 0 saturated carbocycles. The predicted octanol–water partition coefficient (Wildman–Crippen LogP) is 5.65. The molecular formula is C23H10Cl4N4O8. The fraction of sp³-hybridized carbons (Fsp3) is 0.0435. The Morgan fingerprint density at radius 3 is 1.74 bits per heavy atom. The highest BCUT2D eigenvalue weighted by atomic mass is 35.5. The molecule has 0 unspecified atom stereocenters. The number of hydrogen-bond acceptors (Lipinski definition) is 8. The van der Waals surface area contributed by atoms with Gasteiger partial charge in [0, 0.05) is 35.4 Å². The first-order chi connectivity index (χ1) is 18.3. The first-order valence-corrected chi connectivity index (χ1v) is 11.9. The second kappa shape index (κ2) is 10.6. The van der Waals surface area contributed by atoms with Crippen LogP contribution in [0.25, 0.3) is 0 Å². The number of Topliss-reactive ketones (excluding diaryl/α,β-unsaturated/α-hetero) is 1. The third-order valence-electron chi connectivity index (χ3n) is 5.55. The monoisotopic (exact) mass is 610 g/mol. The number of hydrogen-bond donors (Lipinski definition) is 0. The summed E-state index contributed by atoms with van der Waals surface area (Å²) < 4.78 is 0. The molecule has 0 aliphatic carbocycles. The fourth-order valence-corrected chi connectivity index (χ4v) is 4.70. The normalized spacial score (nSPS) is 12.4. The highest BCUT2D eigenvalue weighted by molar-refractivity contribution is 6.55. The molecule has 16 heteroatoms. The molecule has 0 bridgehead atoms. The first kappa shape index (κ1) is 27.9. The maximum Gasteiger partial charge on any atom is 0.282 e. The first-order valence-electron chi connectivity index (χ1n) is 10.4. The summed E-state index contributed by atoms with van der Waals surface area (Å²) in [4.78, 5) is 74.2. The highest BCUT2D eigenvalue weighted by Gasteiger charge is 2.46. The van der Waals surface area contributed by atoms with Crippen LogP contribution < -0.4 is 0 Å². The molecule has 0 saturated heterocycles. The van der Waals surface area contributed by atoms with Gasteiger partial charge in [0.1, 0.15) is 6.54 Å². The zero-order chi connectivity index (χ0) is 28.8. The van der Waals surface area contributed by atoms with Crippen LogP contribution in [-0.2, 0) is 0 Å². The van der Waals surface area contributed by atoms with Crippen molar-refractivity contribution in [2.45, 2.75) is 0 Å². The Kier molecular flexibility index (Phi) is 7.57. The molecule has 3 amide bonds. The Labute approximate surface area is 237 Å². The van der Waals surface area contributed by atoms with Crippen molar-refractivity contribution in [3.63, 3.8) is 0 Å². The molecule has 3 aromatic rings. The minimum atomic E-state index is -1.16. The van der Waals surface area contributed by atoms with Gasteiger partial charge in [-0.1, -0.05) is 58.5 Å². The maximum absolute atomic E-state index is 13.5. The van der Waals surface area contributed by atoms with Crippen LogP contribution in [0.4, 0.5) is 11.4 Å². The van der Waals surface area contributed by atoms with Gasteiger partial charge < -0.3 is 0 Å². The summed E-state index contributed by atoms with van der Waals surface area (Å²) in [6, 6.07) is 8.67. The number of non-ortho nitro benzene ring substituents is 2. The lowest BCUT2D eigenvalue weighted by Gasteiger charge is -2.29. The SMILES string of the molecule is O=C(CN(C(=O)c1ccc([N+](=O)[O-])cc1)N1C(=O)c2c(Cl)c(Cl)c(Cl)c(Cl)c2C1=O)c1cccc([N+](=O)[O-])c1. The number of rotatable bonds is 7. The van der Waals surface area contributed by atoms with Crippen molar-refractivity contribution in [2.24, 2.45) is 0 Å². The standard InChI is InChI=1S/C23H10Cl4N4O8/c24-17-15-16(18(25)20(27)19(17)26)23(35)29(22(15)34)28(21(33)10-4-6-12(7-5-10)30(36)37)9-14(32)11-2-1-3-13(8-11)31(38)39/h1-8H,9H2. The highest BCUT2D eigenvalue weighted by Crippen LogP contribution is 2.45. The van der Waals surface area contributed by atoms with Crippen molar-refractivity contribution in [2.75, 3.05) is 6.54 Å². The number of carbonyl (C=O) groups excluding carboxylic acids is 4. The van der Waals surface area contributed by atoms with E-state index in [4.69, 9.17) is 46.4 Å². The largest absolute Gasteiger partial charge is 0.292 e. The predicted molar refractivity (Wildman–Crippen MR) is 139 cm³/mol. The zero-order valence-electron chi connectivity index (χ0n) is 18.9. The molecular weight excluding hydrogens is 602 g/mol. The van der Waals surface area contributed by atoms with E-state index in [0.29, 0.717) is 10.0 Å². The van der Waals surface area contributed by atoms with Crippen LogP contribution in [0.1, 0.15) is 41.4 Å². The number of amides is 3. The Balaban J connectivity index is 1.82. The molecule has 0 atom stereocenters. The van der Waals surface area contributed by atoms with E-state index in [1.54, 1.807) is 0 Å². The van der Waals surface area contributed by atoms with Crippen molar-refractivity contribution in [1.29, 1.82) is 0 Å². The number of hydrazine groups is 1. The lowest BCUT2D eigenvalue weighted by molar-refractivity contribution is -0.385. The van der Waals surface area contributed by atoms with E-state index in [0.717, 1.165) is 36.4 Å². The summed E-state index contributed by atoms with van der Waals surface area (Å²) >= 11 is 24.4. The van der Waals surface area contributed by atoms with Crippen molar-refractivity contribution in [3.8, 4) is 0 Å². The number of nitro benzene ring substituents is 2. The van der Waals surface area contributed by atoms with Crippen LogP contribution in [0.3, 0.4) is 0 Å². The van der Waals surface area contributed by atoms with E-state index in [1.807, 2.05) is 0 Å². The Hall–Kier alpha value is -4.10. The Bertz CT molecular complexity index is 1580. The molecule has 39 heavy (non-hydrogen) atoms. The second-order valence-corrected chi connectivity index (χ2v) is 9.34. The van der Waals surface area contributed by atoms with Crippen LogP contribution >= 0.6 is 46.4 Å². The summed E-state index contributed by atoms with van der Waals surface area (Å²) in [5, 5.41) is 21.4. The summed E-state index contributed by atoms with van der Waals surface area (Å²) in [7, 11) is 0. The molecule has 1 heterocycles. The summed E-state index contributed by atoms with van der Waals surface area (Å²) in [6.45, 7) is -0.959. The summed E-state index contributed by atoms with van der Waals surface area (Å²) in [5.41, 5.74) is -2.15. The lowest BCUT2D eigenvalue weighted by Crippen LogP contribution is -2.51. The summed E-state index contributed by atoms with van der Waals surface area (Å²) in [6.07, 6.45) is 0. The van der Waals surface area contributed by atoms with Crippen molar-refractivity contribution >= 4 is 81.3 Å². The van der Waals surface area contributed by atoms with Gasteiger partial charge in [0.15, 0.2) is 5.78 Å². The number of ketones is 1. The lowest BCUT2D eigenvalue weighted by atomic mass is 10.1. The molecule has 198 valence electrons. The van der Waals surface area contributed by atoms with Crippen LogP contribution in [-0.4, -0.2) is 49.9 Å². The van der Waals surface area contributed by atoms with Crippen LogP contribution in [0.5, 0.6) is 0 Å². The average Bonchev–Trinajstić information content (AvgIpc) is 3.18. The van der Waals surface area contributed by atoms with Crippen LogP contribution in [0.2, 0.25) is 20.1 Å². The molecule has 4 rings (SSSR count). The topological polar surface area (TPSA) is 161 Å². The third kappa shape index (κ3) is 4.90. The number of imide groups is 1. The number of fused-ring (bicyclic) bond motifs is 1. The third-order valence-corrected chi connectivity index (χ3v) is 7.35. The van der Waals surface area contributed by atoms with E-state index < -0.39 is 66.8 Å². The van der Waals surface area contributed by atoms with Crippen molar-refractivity contribution in [1.82, 2.24) is 10.0 Å². The van der Waals surface area contributed by atoms with Crippen molar-refractivity contribution < 1.29 is 29.0 Å². The van der Waals surface area contributed by atoms with E-state index in [-0.39, 0.29) is 26.9 Å². The van der Waals surface area contributed by atoms with Crippen molar-refractivity contribution in [3.05, 3.63) is 111 Å². The molecule has 0 spiro atoms. The van der Waals surface area contributed by atoms with E-state index >= 15 is 0 Å². The van der Waals surface area contributed by atoms with Crippen LogP contribution in [0, 0.1) is 20.2 Å². The molecule has 0 N–H and O–H groups in total. The van der Waals surface area contributed by atoms with Gasteiger partial charge in [-0.2, -0.15) is 5.01 Å². The van der Waals surface area contributed by atoms with E-state index in [9.17, 15) is 39.4 Å². The summed E-state index contributed by atoms with van der Waals surface area (Å²) in [5.74, 6) is -4.31. The zero-order valence-corrected chi connectivity index (χ0v) is 21.9. The molecule has 0 aromatic heterocycles. The second-order valence-electron chi connectivity index (χ2n) is 7.83. The van der Waals surface area contributed by atoms with Gasteiger partial charge in [0.2, 0.25) is 0 Å². The van der Waals surface area contributed by atoms with Gasteiger partial charge in [-0.15, -0.1) is 0 Å². The van der Waals surface area contributed by atoms with Gasteiger partial charge >= 0.3 is 0 Å². The van der Waals surface area contributed by atoms with Gasteiger partial charge in [0.05, 0.1) is 41.1 Å². The van der Waals surface area contributed by atoms with Crippen LogP contribution in [0.15, 0.2) is 48.5 Å². The van der Waals surface area contributed by atoms with Gasteiger partial charge in [-0.25, -0.2) is 5.01 Å². The Morgan fingerprint density at radius 1 is 0.744 bits per heavy atom. The average molecular weight is 612 g/mol. The maximum atomic E-state index is 13.5. The number of benzene rings is 3. The van der Waals surface area contributed by atoms with Gasteiger partial charge in [0.25, 0.3) is 29.1 Å². The quantitative estimate of drug-likeness (QED) is 0.0826. The number of carbonyl (C=O) groups is 4. The number of nitro groups is 2. The molecule has 12 nitrogen and oxygen atoms in total. The van der Waals surface area contributed by atoms with Gasteiger partial charge in [-0.3, -0.25) is 39.4 Å². The number of nitrogens with zero attached hydrogens (tertiary/aromatic N) is 4. The van der Waals surface area contributed by atoms with E-state index in [2.05, 4.69) is 0 Å². The minimum Gasteiger partial charge on any atom is -0.292 e.